The first-order chi connectivity index (χ1) is 18.9. The number of fused-ring (bicyclic) bond motifs is 5. The molecule has 3 heterocycles. The van der Waals surface area contributed by atoms with E-state index in [0.29, 0.717) is 19.4 Å². The maximum absolute atomic E-state index is 13.5. The number of nitrogens with zero attached hydrogens (tertiary/aromatic N) is 3. The lowest BCUT2D eigenvalue weighted by Crippen LogP contribution is -2.52. The lowest BCUT2D eigenvalue weighted by atomic mass is 9.80. The second kappa shape index (κ2) is 9.09. The van der Waals surface area contributed by atoms with Gasteiger partial charge >= 0.3 is 6.09 Å². The van der Waals surface area contributed by atoms with Crippen LogP contribution in [0.1, 0.15) is 59.7 Å². The van der Waals surface area contributed by atoms with Crippen molar-refractivity contribution in [3.63, 3.8) is 0 Å². The first-order valence-corrected chi connectivity index (χ1v) is 13.9. The average molecular weight is 520 g/mol. The molecule has 0 radical (unpaired) electrons. The number of rotatable bonds is 4. The Balaban J connectivity index is 1.08. The summed E-state index contributed by atoms with van der Waals surface area (Å²) in [6.45, 7) is 4.34. The number of amides is 1. The molecule has 1 amide bonds. The molecule has 6 heteroatoms. The van der Waals surface area contributed by atoms with Crippen molar-refractivity contribution < 1.29 is 14.6 Å². The van der Waals surface area contributed by atoms with E-state index in [1.807, 2.05) is 47.7 Å². The molecule has 2 fully saturated rings. The van der Waals surface area contributed by atoms with Crippen molar-refractivity contribution in [1.29, 1.82) is 0 Å². The number of ether oxygens (including phenoxy) is 1. The van der Waals surface area contributed by atoms with Crippen LogP contribution in [0.2, 0.25) is 0 Å². The molecule has 2 unspecified atom stereocenters. The van der Waals surface area contributed by atoms with Gasteiger partial charge in [0.05, 0.1) is 17.0 Å². The highest BCUT2D eigenvalue weighted by Crippen LogP contribution is 2.47. The van der Waals surface area contributed by atoms with Crippen molar-refractivity contribution in [3.8, 4) is 16.8 Å². The number of benzene rings is 3. The topological polar surface area (TPSA) is 67.6 Å². The summed E-state index contributed by atoms with van der Waals surface area (Å²) >= 11 is 0. The highest BCUT2D eigenvalue weighted by Gasteiger charge is 2.51. The summed E-state index contributed by atoms with van der Waals surface area (Å²) in [4.78, 5) is 15.4. The van der Waals surface area contributed by atoms with Crippen molar-refractivity contribution in [2.45, 2.75) is 63.1 Å². The molecule has 1 N–H and O–H groups in total. The summed E-state index contributed by atoms with van der Waals surface area (Å²) in [5.74, 6) is 0.0397. The molecule has 4 aromatic rings. The Morgan fingerprint density at radius 2 is 1.56 bits per heavy atom. The zero-order chi connectivity index (χ0) is 26.7. The third-order valence-electron chi connectivity index (χ3n) is 8.95. The fourth-order valence-electron chi connectivity index (χ4n) is 7.24. The molecule has 3 aliphatic rings. The molecule has 0 spiro atoms. The molecular formula is C33H33N3O3. The monoisotopic (exact) mass is 519 g/mol. The Labute approximate surface area is 228 Å². The highest BCUT2D eigenvalue weighted by atomic mass is 16.6. The number of carbonyl (C=O) groups excluding carboxylic acids is 1. The Morgan fingerprint density at radius 3 is 2.18 bits per heavy atom. The number of aliphatic hydroxyl groups is 1. The largest absolute Gasteiger partial charge is 0.448 e. The van der Waals surface area contributed by atoms with E-state index in [9.17, 15) is 9.90 Å². The molecule has 6 nitrogen and oxygen atoms in total. The molecular weight excluding hydrogens is 486 g/mol. The summed E-state index contributed by atoms with van der Waals surface area (Å²) in [5.41, 5.74) is 7.73. The standard InChI is InChI=1S/C33H33N3O3/c1-21-16-22(2)36(34-21)24-9-7-8-23(17-24)33(38)18-25-14-15-26(19-33)35(25)32(37)39-20-31-29-12-5-3-10-27(29)28-11-4-6-13-30(28)31/h3-13,16-17,25-26,31,38H,14-15,18-20H2,1-2H3. The first kappa shape index (κ1) is 24.2. The van der Waals surface area contributed by atoms with Crippen LogP contribution in [0, 0.1) is 13.8 Å². The normalized spacial score (nSPS) is 23.5. The van der Waals surface area contributed by atoms with Gasteiger partial charge < -0.3 is 14.7 Å². The Hall–Kier alpha value is -3.90. The molecule has 3 aromatic carbocycles. The molecule has 39 heavy (non-hydrogen) atoms. The van der Waals surface area contributed by atoms with Crippen molar-refractivity contribution in [3.05, 3.63) is 107 Å². The van der Waals surface area contributed by atoms with Crippen molar-refractivity contribution in [1.82, 2.24) is 14.7 Å². The minimum absolute atomic E-state index is 0.0397. The van der Waals surface area contributed by atoms with Crippen molar-refractivity contribution >= 4 is 6.09 Å². The molecule has 7 rings (SSSR count). The van der Waals surface area contributed by atoms with Gasteiger partial charge in [0.15, 0.2) is 0 Å². The summed E-state index contributed by atoms with van der Waals surface area (Å²) in [6, 6.07) is 26.8. The Kier molecular flexibility index (Phi) is 5.63. The molecule has 1 aliphatic carbocycles. The Morgan fingerprint density at radius 1 is 0.923 bits per heavy atom. The van der Waals surface area contributed by atoms with Gasteiger partial charge in [0, 0.05) is 36.5 Å². The van der Waals surface area contributed by atoms with Crippen LogP contribution in [-0.4, -0.2) is 44.6 Å². The minimum Gasteiger partial charge on any atom is -0.448 e. The fraction of sp³-hybridized carbons (Fsp3) is 0.333. The van der Waals surface area contributed by atoms with Gasteiger partial charge in [0.2, 0.25) is 0 Å². The van der Waals surface area contributed by atoms with Crippen LogP contribution in [0.15, 0.2) is 78.9 Å². The zero-order valence-electron chi connectivity index (χ0n) is 22.4. The maximum Gasteiger partial charge on any atom is 0.410 e. The van der Waals surface area contributed by atoms with Crippen LogP contribution in [0.25, 0.3) is 16.8 Å². The first-order valence-electron chi connectivity index (χ1n) is 13.9. The third kappa shape index (κ3) is 3.97. The SMILES string of the molecule is Cc1cc(C)n(-c2cccc(C3(O)CC4CCC(C3)N4C(=O)OCC3c4ccccc4-c4ccccc43)c2)n1. The second-order valence-electron chi connectivity index (χ2n) is 11.4. The zero-order valence-corrected chi connectivity index (χ0v) is 22.4. The van der Waals surface area contributed by atoms with E-state index in [1.165, 1.54) is 22.3 Å². The molecule has 198 valence electrons. The van der Waals surface area contributed by atoms with E-state index in [2.05, 4.69) is 59.7 Å². The predicted molar refractivity (Wildman–Crippen MR) is 150 cm³/mol. The number of aromatic nitrogens is 2. The van der Waals surface area contributed by atoms with Gasteiger partial charge in [-0.15, -0.1) is 0 Å². The van der Waals surface area contributed by atoms with Gasteiger partial charge in [0.1, 0.15) is 6.61 Å². The maximum atomic E-state index is 13.5. The van der Waals surface area contributed by atoms with Gasteiger partial charge in [-0.25, -0.2) is 9.48 Å². The number of hydrogen-bond acceptors (Lipinski definition) is 4. The van der Waals surface area contributed by atoms with Crippen LogP contribution < -0.4 is 0 Å². The van der Waals surface area contributed by atoms with E-state index < -0.39 is 5.60 Å². The van der Waals surface area contributed by atoms with Gasteiger partial charge in [-0.1, -0.05) is 60.7 Å². The number of carbonyl (C=O) groups is 1. The second-order valence-corrected chi connectivity index (χ2v) is 11.4. The van der Waals surface area contributed by atoms with Gasteiger partial charge in [-0.05, 0) is 72.7 Å². The lowest BCUT2D eigenvalue weighted by molar-refractivity contribution is -0.0531. The molecule has 2 atom stereocenters. The van der Waals surface area contributed by atoms with Crippen LogP contribution in [0.5, 0.6) is 0 Å². The number of aryl methyl sites for hydroxylation is 2. The average Bonchev–Trinajstić information content (AvgIpc) is 3.56. The molecule has 2 bridgehead atoms. The molecule has 1 aromatic heterocycles. The van der Waals surface area contributed by atoms with Gasteiger partial charge in [-0.2, -0.15) is 5.10 Å². The van der Waals surface area contributed by atoms with Crippen LogP contribution in [0.3, 0.4) is 0 Å². The summed E-state index contributed by atoms with van der Waals surface area (Å²) < 4.78 is 7.94. The number of hydrogen-bond donors (Lipinski definition) is 1. The fourth-order valence-corrected chi connectivity index (χ4v) is 7.24. The van der Waals surface area contributed by atoms with Crippen LogP contribution in [0.4, 0.5) is 4.79 Å². The van der Waals surface area contributed by atoms with Crippen molar-refractivity contribution in [2.24, 2.45) is 0 Å². The van der Waals surface area contributed by atoms with Crippen LogP contribution >= 0.6 is 0 Å². The van der Waals surface area contributed by atoms with Crippen molar-refractivity contribution in [2.75, 3.05) is 6.61 Å². The lowest BCUT2D eigenvalue weighted by Gasteiger charge is -2.43. The summed E-state index contributed by atoms with van der Waals surface area (Å²) in [5, 5.41) is 16.5. The number of piperidine rings is 1. The van der Waals surface area contributed by atoms with E-state index >= 15 is 0 Å². The third-order valence-corrected chi connectivity index (χ3v) is 8.95. The molecule has 0 saturated carbocycles. The van der Waals surface area contributed by atoms with E-state index in [0.717, 1.165) is 35.5 Å². The van der Waals surface area contributed by atoms with Gasteiger partial charge in [0.25, 0.3) is 0 Å². The van der Waals surface area contributed by atoms with E-state index in [4.69, 9.17) is 4.74 Å². The minimum atomic E-state index is -0.988. The van der Waals surface area contributed by atoms with E-state index in [1.54, 1.807) is 0 Å². The Bertz CT molecular complexity index is 1510. The predicted octanol–water partition coefficient (Wildman–Crippen LogP) is 6.25. The molecule has 2 saturated heterocycles. The van der Waals surface area contributed by atoms with E-state index in [-0.39, 0.29) is 24.1 Å². The van der Waals surface area contributed by atoms with Crippen LogP contribution in [-0.2, 0) is 10.3 Å². The smallest absolute Gasteiger partial charge is 0.410 e. The van der Waals surface area contributed by atoms with Gasteiger partial charge in [-0.3, -0.25) is 0 Å². The quantitative estimate of drug-likeness (QED) is 0.346. The summed E-state index contributed by atoms with van der Waals surface area (Å²) in [6.07, 6.45) is 2.52. The summed E-state index contributed by atoms with van der Waals surface area (Å²) in [7, 11) is 0. The molecule has 2 aliphatic heterocycles. The highest BCUT2D eigenvalue weighted by molar-refractivity contribution is 5.79.